The molecular weight excluding hydrogens is 403 g/mol. The number of ether oxygens (including phenoxy) is 1. The molecule has 3 N–H and O–H groups in total. The number of carbonyl (C=O) groups excluding carboxylic acids is 2. The lowest BCUT2D eigenvalue weighted by Gasteiger charge is -2.13. The third-order valence-electron chi connectivity index (χ3n) is 3.66. The zero-order chi connectivity index (χ0) is 18.9. The summed E-state index contributed by atoms with van der Waals surface area (Å²) in [5, 5.41) is 8.42. The molecule has 1 aromatic carbocycles. The standard InChI is InChI=1S/C19H24N4O3.2ClH/c1-13-6-7-15(23-18(24)5-4-9-20-2)17(11-13)26-14-8-10-22-16(12-14)19(25)21-3;;/h6-8,10-12,20H,4-5,9H2,1-3H3,(H,21,25)(H,23,24);2*1H. The molecule has 9 heteroatoms. The Morgan fingerprint density at radius 2 is 1.86 bits per heavy atom. The third-order valence-corrected chi connectivity index (χ3v) is 3.66. The Labute approximate surface area is 177 Å². The first-order valence-electron chi connectivity index (χ1n) is 8.44. The Morgan fingerprint density at radius 3 is 2.54 bits per heavy atom. The van der Waals surface area contributed by atoms with Crippen molar-refractivity contribution in [1.82, 2.24) is 15.6 Å². The Bertz CT molecular complexity index is 788. The van der Waals surface area contributed by atoms with E-state index in [-0.39, 0.29) is 42.3 Å². The molecule has 0 bridgehead atoms. The smallest absolute Gasteiger partial charge is 0.269 e. The molecule has 0 aliphatic carbocycles. The van der Waals surface area contributed by atoms with E-state index in [2.05, 4.69) is 20.9 Å². The van der Waals surface area contributed by atoms with E-state index in [9.17, 15) is 9.59 Å². The summed E-state index contributed by atoms with van der Waals surface area (Å²) in [4.78, 5) is 27.8. The molecule has 0 aliphatic rings. The highest BCUT2D eigenvalue weighted by Gasteiger charge is 2.11. The van der Waals surface area contributed by atoms with Crippen molar-refractivity contribution in [2.75, 3.05) is 26.0 Å². The maximum Gasteiger partial charge on any atom is 0.269 e. The molecule has 28 heavy (non-hydrogen) atoms. The highest BCUT2D eigenvalue weighted by atomic mass is 35.5. The number of halogens is 2. The van der Waals surface area contributed by atoms with Gasteiger partial charge in [0.1, 0.15) is 11.4 Å². The maximum absolute atomic E-state index is 12.1. The van der Waals surface area contributed by atoms with Gasteiger partial charge in [0.15, 0.2) is 5.75 Å². The molecular formula is C19H26Cl2N4O3. The van der Waals surface area contributed by atoms with Crippen LogP contribution in [0.4, 0.5) is 5.69 Å². The van der Waals surface area contributed by atoms with E-state index >= 15 is 0 Å². The van der Waals surface area contributed by atoms with E-state index in [1.807, 2.05) is 32.2 Å². The second-order valence-electron chi connectivity index (χ2n) is 5.81. The number of nitrogens with one attached hydrogen (secondary N) is 3. The topological polar surface area (TPSA) is 92.3 Å². The van der Waals surface area contributed by atoms with Gasteiger partial charge >= 0.3 is 0 Å². The van der Waals surface area contributed by atoms with Gasteiger partial charge in [0.25, 0.3) is 5.91 Å². The SMILES string of the molecule is CNCCCC(=O)Nc1ccc(C)cc1Oc1ccnc(C(=O)NC)c1.Cl.Cl. The highest BCUT2D eigenvalue weighted by Crippen LogP contribution is 2.31. The van der Waals surface area contributed by atoms with Crippen LogP contribution >= 0.6 is 24.8 Å². The number of anilines is 1. The molecule has 0 unspecified atom stereocenters. The molecule has 2 aromatic rings. The molecule has 2 amide bonds. The Hall–Kier alpha value is -2.35. The summed E-state index contributed by atoms with van der Waals surface area (Å²) in [5.41, 5.74) is 1.84. The first kappa shape index (κ1) is 25.6. The van der Waals surface area contributed by atoms with Crippen LogP contribution in [0, 0.1) is 6.92 Å². The lowest BCUT2D eigenvalue weighted by atomic mass is 10.2. The second kappa shape index (κ2) is 12.9. The molecule has 154 valence electrons. The summed E-state index contributed by atoms with van der Waals surface area (Å²) in [6.07, 6.45) is 2.68. The number of aromatic nitrogens is 1. The number of benzene rings is 1. The summed E-state index contributed by atoms with van der Waals surface area (Å²) in [6, 6.07) is 8.76. The van der Waals surface area contributed by atoms with Crippen molar-refractivity contribution >= 4 is 42.3 Å². The van der Waals surface area contributed by atoms with Gasteiger partial charge in [-0.15, -0.1) is 24.8 Å². The second-order valence-corrected chi connectivity index (χ2v) is 5.81. The predicted molar refractivity (Wildman–Crippen MR) is 115 cm³/mol. The fraction of sp³-hybridized carbons (Fsp3) is 0.316. The van der Waals surface area contributed by atoms with Crippen LogP contribution in [0.1, 0.15) is 28.9 Å². The number of hydrogen-bond donors (Lipinski definition) is 3. The van der Waals surface area contributed by atoms with Crippen LogP contribution in [0.5, 0.6) is 11.5 Å². The van der Waals surface area contributed by atoms with Crippen molar-refractivity contribution in [3.05, 3.63) is 47.8 Å². The number of nitrogens with zero attached hydrogens (tertiary/aromatic N) is 1. The van der Waals surface area contributed by atoms with Crippen molar-refractivity contribution in [1.29, 1.82) is 0 Å². The molecule has 2 rings (SSSR count). The van der Waals surface area contributed by atoms with E-state index in [0.717, 1.165) is 18.5 Å². The molecule has 0 aliphatic heterocycles. The van der Waals surface area contributed by atoms with Gasteiger partial charge in [-0.2, -0.15) is 0 Å². The van der Waals surface area contributed by atoms with Crippen LogP contribution < -0.4 is 20.7 Å². The first-order valence-corrected chi connectivity index (χ1v) is 8.44. The summed E-state index contributed by atoms with van der Waals surface area (Å²) in [7, 11) is 3.39. The molecule has 0 atom stereocenters. The van der Waals surface area contributed by atoms with Gasteiger partial charge in [-0.1, -0.05) is 6.07 Å². The van der Waals surface area contributed by atoms with Crippen molar-refractivity contribution in [3.63, 3.8) is 0 Å². The summed E-state index contributed by atoms with van der Waals surface area (Å²) < 4.78 is 5.91. The maximum atomic E-state index is 12.1. The molecule has 1 heterocycles. The van der Waals surface area contributed by atoms with Crippen LogP contribution in [-0.4, -0.2) is 37.4 Å². The molecule has 1 aromatic heterocycles. The number of hydrogen-bond acceptors (Lipinski definition) is 5. The Balaban J connectivity index is 0.00000364. The van der Waals surface area contributed by atoms with E-state index in [0.29, 0.717) is 23.6 Å². The zero-order valence-corrected chi connectivity index (χ0v) is 17.7. The lowest BCUT2D eigenvalue weighted by Crippen LogP contribution is -2.19. The van der Waals surface area contributed by atoms with Gasteiger partial charge in [-0.05, 0) is 50.7 Å². The number of carbonyl (C=O) groups is 2. The minimum absolute atomic E-state index is 0. The van der Waals surface area contributed by atoms with Crippen molar-refractivity contribution in [2.24, 2.45) is 0 Å². The normalized spacial score (nSPS) is 9.54. The van der Waals surface area contributed by atoms with Crippen molar-refractivity contribution in [3.8, 4) is 11.5 Å². The molecule has 0 radical (unpaired) electrons. The average Bonchev–Trinajstić information content (AvgIpc) is 2.64. The minimum Gasteiger partial charge on any atom is -0.455 e. The van der Waals surface area contributed by atoms with E-state index in [4.69, 9.17) is 4.74 Å². The molecule has 7 nitrogen and oxygen atoms in total. The quantitative estimate of drug-likeness (QED) is 0.560. The van der Waals surface area contributed by atoms with Crippen molar-refractivity contribution < 1.29 is 14.3 Å². The number of pyridine rings is 1. The largest absolute Gasteiger partial charge is 0.455 e. The van der Waals surface area contributed by atoms with Crippen LogP contribution in [0.15, 0.2) is 36.5 Å². The fourth-order valence-corrected chi connectivity index (χ4v) is 2.31. The van der Waals surface area contributed by atoms with E-state index < -0.39 is 0 Å². The van der Waals surface area contributed by atoms with Gasteiger partial charge in [0.05, 0.1) is 5.69 Å². The zero-order valence-electron chi connectivity index (χ0n) is 16.1. The Morgan fingerprint density at radius 1 is 1.11 bits per heavy atom. The van der Waals surface area contributed by atoms with E-state index in [1.165, 1.54) is 6.20 Å². The van der Waals surface area contributed by atoms with Crippen LogP contribution in [0.2, 0.25) is 0 Å². The summed E-state index contributed by atoms with van der Waals surface area (Å²) >= 11 is 0. The minimum atomic E-state index is -0.294. The number of aryl methyl sites for hydroxylation is 1. The Kier molecular flexibility index (Phi) is 11.8. The summed E-state index contributed by atoms with van der Waals surface area (Å²) in [5.74, 6) is 0.614. The van der Waals surface area contributed by atoms with Gasteiger partial charge in [-0.25, -0.2) is 0 Å². The fourth-order valence-electron chi connectivity index (χ4n) is 2.31. The molecule has 0 spiro atoms. The van der Waals surface area contributed by atoms with Crippen LogP contribution in [0.3, 0.4) is 0 Å². The molecule has 0 saturated carbocycles. The average molecular weight is 429 g/mol. The van der Waals surface area contributed by atoms with Crippen molar-refractivity contribution in [2.45, 2.75) is 19.8 Å². The predicted octanol–water partition coefficient (Wildman–Crippen LogP) is 3.32. The lowest BCUT2D eigenvalue weighted by molar-refractivity contribution is -0.116. The highest BCUT2D eigenvalue weighted by molar-refractivity contribution is 5.93. The number of amides is 2. The first-order chi connectivity index (χ1) is 12.5. The van der Waals surface area contributed by atoms with Gasteiger partial charge in [-0.3, -0.25) is 14.6 Å². The van der Waals surface area contributed by atoms with Gasteiger partial charge in [0.2, 0.25) is 5.91 Å². The van der Waals surface area contributed by atoms with Crippen LogP contribution in [0.25, 0.3) is 0 Å². The summed E-state index contributed by atoms with van der Waals surface area (Å²) in [6.45, 7) is 2.72. The van der Waals surface area contributed by atoms with E-state index in [1.54, 1.807) is 19.2 Å². The molecule has 0 fully saturated rings. The van der Waals surface area contributed by atoms with Gasteiger partial charge < -0.3 is 20.7 Å². The van der Waals surface area contributed by atoms with Gasteiger partial charge in [0, 0.05) is 25.7 Å². The number of rotatable bonds is 8. The van der Waals surface area contributed by atoms with Crippen LogP contribution in [-0.2, 0) is 4.79 Å². The molecule has 0 saturated heterocycles. The monoisotopic (exact) mass is 428 g/mol. The third kappa shape index (κ3) is 7.72.